The van der Waals surface area contributed by atoms with E-state index in [-0.39, 0.29) is 11.8 Å². The highest BCUT2D eigenvalue weighted by Gasteiger charge is 2.26. The number of amides is 2. The molecule has 30 heavy (non-hydrogen) atoms. The van der Waals surface area contributed by atoms with Crippen molar-refractivity contribution in [1.82, 2.24) is 0 Å². The molecule has 0 fully saturated rings. The van der Waals surface area contributed by atoms with Gasteiger partial charge in [0.25, 0.3) is 5.91 Å². The predicted octanol–water partition coefficient (Wildman–Crippen LogP) is 4.82. The van der Waals surface area contributed by atoms with E-state index >= 15 is 0 Å². The molecule has 0 bridgehead atoms. The number of methoxy groups -OCH3 is 1. The van der Waals surface area contributed by atoms with Gasteiger partial charge in [-0.05, 0) is 76.3 Å². The lowest BCUT2D eigenvalue weighted by atomic mass is 10.1. The van der Waals surface area contributed by atoms with Gasteiger partial charge in [-0.3, -0.25) is 9.59 Å². The van der Waals surface area contributed by atoms with E-state index in [0.29, 0.717) is 24.9 Å². The SMILES string of the molecule is COc1ccc(CCC(=O)Nc2ccc3c(c2)CCN3C(=O)c2ccoc2)cc1Br. The topological polar surface area (TPSA) is 71.8 Å². The van der Waals surface area contributed by atoms with Gasteiger partial charge >= 0.3 is 0 Å². The zero-order valence-corrected chi connectivity index (χ0v) is 18.1. The third-order valence-electron chi connectivity index (χ3n) is 5.13. The van der Waals surface area contributed by atoms with Crippen LogP contribution in [0.3, 0.4) is 0 Å². The van der Waals surface area contributed by atoms with E-state index in [0.717, 1.165) is 39.1 Å². The van der Waals surface area contributed by atoms with Crippen LogP contribution in [0.25, 0.3) is 0 Å². The van der Waals surface area contributed by atoms with Crippen LogP contribution < -0.4 is 15.0 Å². The number of ether oxygens (including phenoxy) is 1. The first-order chi connectivity index (χ1) is 14.5. The minimum absolute atomic E-state index is 0.0498. The van der Waals surface area contributed by atoms with Crippen LogP contribution in [0, 0.1) is 0 Å². The molecule has 2 aromatic carbocycles. The molecule has 0 saturated carbocycles. The highest BCUT2D eigenvalue weighted by Crippen LogP contribution is 2.32. The lowest BCUT2D eigenvalue weighted by molar-refractivity contribution is -0.116. The number of nitrogens with zero attached hydrogens (tertiary/aromatic N) is 1. The molecule has 2 amide bonds. The summed E-state index contributed by atoms with van der Waals surface area (Å²) in [5.74, 6) is 0.637. The summed E-state index contributed by atoms with van der Waals surface area (Å²) in [5, 5.41) is 2.96. The predicted molar refractivity (Wildman–Crippen MR) is 118 cm³/mol. The normalized spacial score (nSPS) is 12.5. The van der Waals surface area contributed by atoms with Crippen molar-refractivity contribution in [2.75, 3.05) is 23.9 Å². The minimum atomic E-state index is -0.0788. The van der Waals surface area contributed by atoms with Crippen LogP contribution in [-0.2, 0) is 17.6 Å². The third kappa shape index (κ3) is 4.26. The van der Waals surface area contributed by atoms with Gasteiger partial charge in [-0.15, -0.1) is 0 Å². The van der Waals surface area contributed by atoms with Crippen molar-refractivity contribution >= 4 is 39.1 Å². The molecule has 154 valence electrons. The lowest BCUT2D eigenvalue weighted by Crippen LogP contribution is -2.28. The van der Waals surface area contributed by atoms with Gasteiger partial charge in [-0.25, -0.2) is 0 Å². The standard InChI is InChI=1S/C23H21BrN2O4/c1-29-21-6-2-15(12-19(21)24)3-7-22(27)25-18-4-5-20-16(13-18)8-10-26(20)23(28)17-9-11-30-14-17/h2,4-6,9,11-14H,3,7-8,10H2,1H3,(H,25,27). The molecule has 1 N–H and O–H groups in total. The number of halogens is 1. The first kappa shape index (κ1) is 20.2. The summed E-state index contributed by atoms with van der Waals surface area (Å²) in [4.78, 5) is 26.7. The average Bonchev–Trinajstić information content (AvgIpc) is 3.42. The average molecular weight is 469 g/mol. The summed E-state index contributed by atoms with van der Waals surface area (Å²) in [7, 11) is 1.62. The summed E-state index contributed by atoms with van der Waals surface area (Å²) in [6.45, 7) is 0.614. The molecule has 4 rings (SSSR count). The maximum atomic E-state index is 12.6. The fraction of sp³-hybridized carbons (Fsp3) is 0.217. The maximum Gasteiger partial charge on any atom is 0.261 e. The van der Waals surface area contributed by atoms with Crippen LogP contribution in [0.2, 0.25) is 0 Å². The van der Waals surface area contributed by atoms with Crippen molar-refractivity contribution in [2.24, 2.45) is 0 Å². The second kappa shape index (κ2) is 8.75. The van der Waals surface area contributed by atoms with Gasteiger partial charge in [0.15, 0.2) is 0 Å². The Morgan fingerprint density at radius 1 is 1.20 bits per heavy atom. The monoisotopic (exact) mass is 468 g/mol. The smallest absolute Gasteiger partial charge is 0.261 e. The number of hydrogen-bond donors (Lipinski definition) is 1. The van der Waals surface area contributed by atoms with Gasteiger partial charge in [-0.1, -0.05) is 6.07 Å². The van der Waals surface area contributed by atoms with Crippen molar-refractivity contribution in [3.05, 3.63) is 76.2 Å². The molecule has 0 atom stereocenters. The number of rotatable bonds is 6. The molecule has 1 aliphatic rings. The van der Waals surface area contributed by atoms with Crippen molar-refractivity contribution < 1.29 is 18.7 Å². The molecule has 6 nitrogen and oxygen atoms in total. The Balaban J connectivity index is 1.37. The molecule has 1 aliphatic heterocycles. The Bertz CT molecular complexity index is 1080. The number of benzene rings is 2. The Labute approximate surface area is 183 Å². The Morgan fingerprint density at radius 2 is 2.07 bits per heavy atom. The van der Waals surface area contributed by atoms with Crippen molar-refractivity contribution in [1.29, 1.82) is 0 Å². The zero-order chi connectivity index (χ0) is 21.1. The fourth-order valence-electron chi connectivity index (χ4n) is 3.58. The lowest BCUT2D eigenvalue weighted by Gasteiger charge is -2.16. The molecule has 0 saturated heterocycles. The second-order valence-corrected chi connectivity index (χ2v) is 7.93. The molecular formula is C23H21BrN2O4. The van der Waals surface area contributed by atoms with E-state index < -0.39 is 0 Å². The van der Waals surface area contributed by atoms with E-state index in [1.165, 1.54) is 12.5 Å². The molecule has 0 unspecified atom stereocenters. The van der Waals surface area contributed by atoms with Crippen LogP contribution in [0.4, 0.5) is 11.4 Å². The van der Waals surface area contributed by atoms with Crippen molar-refractivity contribution in [2.45, 2.75) is 19.3 Å². The number of nitrogens with one attached hydrogen (secondary N) is 1. The first-order valence-corrected chi connectivity index (χ1v) is 10.4. The van der Waals surface area contributed by atoms with E-state index in [4.69, 9.17) is 9.15 Å². The van der Waals surface area contributed by atoms with Crippen LogP contribution in [-0.4, -0.2) is 25.5 Å². The molecule has 2 heterocycles. The van der Waals surface area contributed by atoms with Gasteiger partial charge in [0.05, 0.1) is 23.4 Å². The first-order valence-electron chi connectivity index (χ1n) is 9.64. The fourth-order valence-corrected chi connectivity index (χ4v) is 4.17. The minimum Gasteiger partial charge on any atom is -0.496 e. The number of anilines is 2. The Hall–Kier alpha value is -3.06. The van der Waals surface area contributed by atoms with Crippen LogP contribution in [0.5, 0.6) is 5.75 Å². The molecule has 0 spiro atoms. The number of carbonyl (C=O) groups excluding carboxylic acids is 2. The van der Waals surface area contributed by atoms with Crippen molar-refractivity contribution in [3.63, 3.8) is 0 Å². The molecule has 3 aromatic rings. The highest BCUT2D eigenvalue weighted by atomic mass is 79.9. The molecule has 0 aliphatic carbocycles. The number of aryl methyl sites for hydroxylation is 1. The quantitative estimate of drug-likeness (QED) is 0.562. The van der Waals surface area contributed by atoms with Crippen LogP contribution in [0.15, 0.2) is 63.9 Å². The van der Waals surface area contributed by atoms with Crippen molar-refractivity contribution in [3.8, 4) is 5.75 Å². The largest absolute Gasteiger partial charge is 0.496 e. The maximum absolute atomic E-state index is 12.6. The van der Waals surface area contributed by atoms with E-state index in [9.17, 15) is 9.59 Å². The van der Waals surface area contributed by atoms with E-state index in [1.54, 1.807) is 18.1 Å². The van der Waals surface area contributed by atoms with Crippen LogP contribution >= 0.6 is 15.9 Å². The molecular weight excluding hydrogens is 448 g/mol. The van der Waals surface area contributed by atoms with E-state index in [2.05, 4.69) is 21.2 Å². The number of fused-ring (bicyclic) bond motifs is 1. The van der Waals surface area contributed by atoms with E-state index in [1.807, 2.05) is 36.4 Å². The Morgan fingerprint density at radius 3 is 2.80 bits per heavy atom. The third-order valence-corrected chi connectivity index (χ3v) is 5.75. The zero-order valence-electron chi connectivity index (χ0n) is 16.5. The number of carbonyl (C=O) groups is 2. The molecule has 0 radical (unpaired) electrons. The summed E-state index contributed by atoms with van der Waals surface area (Å²) in [6, 6.07) is 13.1. The van der Waals surface area contributed by atoms with Gasteiger partial charge in [0.1, 0.15) is 12.0 Å². The summed E-state index contributed by atoms with van der Waals surface area (Å²) >= 11 is 3.47. The number of furan rings is 1. The van der Waals surface area contributed by atoms with Crippen LogP contribution in [0.1, 0.15) is 27.9 Å². The molecule has 7 heteroatoms. The summed E-state index contributed by atoms with van der Waals surface area (Å²) in [6.07, 6.45) is 4.71. The van der Waals surface area contributed by atoms with Gasteiger partial charge < -0.3 is 19.4 Å². The van der Waals surface area contributed by atoms with Gasteiger partial charge in [0.2, 0.25) is 5.91 Å². The molecule has 1 aromatic heterocycles. The second-order valence-electron chi connectivity index (χ2n) is 7.08. The van der Waals surface area contributed by atoms with Gasteiger partial charge in [-0.2, -0.15) is 0 Å². The van der Waals surface area contributed by atoms with Gasteiger partial charge in [0, 0.05) is 24.3 Å². The Kier molecular flexibility index (Phi) is 5.90. The summed E-state index contributed by atoms with van der Waals surface area (Å²) < 4.78 is 11.1. The highest BCUT2D eigenvalue weighted by molar-refractivity contribution is 9.10. The summed E-state index contributed by atoms with van der Waals surface area (Å²) in [5.41, 5.74) is 4.25. The number of hydrogen-bond acceptors (Lipinski definition) is 4.